The van der Waals surface area contributed by atoms with Gasteiger partial charge in [-0.1, -0.05) is 0 Å². The van der Waals surface area contributed by atoms with Gasteiger partial charge in [0.15, 0.2) is 0 Å². The van der Waals surface area contributed by atoms with Gasteiger partial charge in [0.05, 0.1) is 11.3 Å². The summed E-state index contributed by atoms with van der Waals surface area (Å²) in [7, 11) is 0. The van der Waals surface area contributed by atoms with Crippen molar-refractivity contribution >= 4 is 11.8 Å². The van der Waals surface area contributed by atoms with Crippen LogP contribution in [0.5, 0.6) is 0 Å². The SMILES string of the molecule is Cc1nc(N2CCCC2C)ccc1C(=O)O. The average Bonchev–Trinajstić information content (AvgIpc) is 2.63. The topological polar surface area (TPSA) is 53.4 Å². The van der Waals surface area contributed by atoms with Crippen molar-refractivity contribution in [3.8, 4) is 0 Å². The van der Waals surface area contributed by atoms with Gasteiger partial charge in [0.25, 0.3) is 0 Å². The van der Waals surface area contributed by atoms with Crippen molar-refractivity contribution in [2.75, 3.05) is 11.4 Å². The highest BCUT2D eigenvalue weighted by Crippen LogP contribution is 2.24. The largest absolute Gasteiger partial charge is 0.478 e. The van der Waals surface area contributed by atoms with E-state index in [1.54, 1.807) is 19.1 Å². The lowest BCUT2D eigenvalue weighted by molar-refractivity contribution is 0.0695. The first-order chi connectivity index (χ1) is 7.59. The first-order valence-corrected chi connectivity index (χ1v) is 5.57. The number of hydrogen-bond acceptors (Lipinski definition) is 3. The van der Waals surface area contributed by atoms with Gasteiger partial charge in [-0.25, -0.2) is 9.78 Å². The molecule has 1 aliphatic rings. The van der Waals surface area contributed by atoms with E-state index in [0.717, 1.165) is 12.4 Å². The number of carboxylic acid groups (broad SMARTS) is 1. The molecule has 16 heavy (non-hydrogen) atoms. The normalized spacial score (nSPS) is 20.1. The quantitative estimate of drug-likeness (QED) is 0.829. The van der Waals surface area contributed by atoms with Crippen LogP contribution in [-0.4, -0.2) is 28.6 Å². The van der Waals surface area contributed by atoms with E-state index < -0.39 is 5.97 Å². The molecule has 86 valence electrons. The highest BCUT2D eigenvalue weighted by molar-refractivity contribution is 5.89. The van der Waals surface area contributed by atoms with Crippen LogP contribution in [0.4, 0.5) is 5.82 Å². The molecule has 2 rings (SSSR count). The number of carbonyl (C=O) groups is 1. The molecule has 0 aliphatic carbocycles. The Balaban J connectivity index is 2.30. The van der Waals surface area contributed by atoms with Crippen LogP contribution in [0, 0.1) is 6.92 Å². The Bertz CT molecular complexity index is 417. The summed E-state index contributed by atoms with van der Waals surface area (Å²) in [5.74, 6) is -0.0153. The second-order valence-corrected chi connectivity index (χ2v) is 4.29. The molecule has 0 saturated carbocycles. The van der Waals surface area contributed by atoms with E-state index in [1.807, 2.05) is 0 Å². The first-order valence-electron chi connectivity index (χ1n) is 5.57. The third-order valence-electron chi connectivity index (χ3n) is 3.15. The Morgan fingerprint density at radius 2 is 2.31 bits per heavy atom. The molecule has 1 N–H and O–H groups in total. The van der Waals surface area contributed by atoms with E-state index >= 15 is 0 Å². The molecular weight excluding hydrogens is 204 g/mol. The fraction of sp³-hybridized carbons (Fsp3) is 0.500. The fourth-order valence-electron chi connectivity index (χ4n) is 2.21. The van der Waals surface area contributed by atoms with Crippen LogP contribution in [0.1, 0.15) is 35.8 Å². The van der Waals surface area contributed by atoms with Gasteiger partial charge in [0.2, 0.25) is 0 Å². The molecule has 1 saturated heterocycles. The molecule has 1 aromatic rings. The van der Waals surface area contributed by atoms with Crippen LogP contribution >= 0.6 is 0 Å². The maximum absolute atomic E-state index is 10.9. The van der Waals surface area contributed by atoms with Crippen LogP contribution < -0.4 is 4.90 Å². The van der Waals surface area contributed by atoms with Crippen molar-refractivity contribution in [1.29, 1.82) is 0 Å². The van der Waals surface area contributed by atoms with Crippen LogP contribution in [0.2, 0.25) is 0 Å². The van der Waals surface area contributed by atoms with Crippen LogP contribution in [0.15, 0.2) is 12.1 Å². The lowest BCUT2D eigenvalue weighted by Crippen LogP contribution is -2.27. The van der Waals surface area contributed by atoms with E-state index in [2.05, 4.69) is 16.8 Å². The third kappa shape index (κ3) is 1.87. The second kappa shape index (κ2) is 4.12. The molecule has 1 atom stereocenters. The monoisotopic (exact) mass is 220 g/mol. The van der Waals surface area contributed by atoms with Crippen molar-refractivity contribution in [2.24, 2.45) is 0 Å². The Morgan fingerprint density at radius 3 is 2.81 bits per heavy atom. The molecule has 1 aromatic heterocycles. The van der Waals surface area contributed by atoms with E-state index in [1.165, 1.54) is 12.8 Å². The number of aromatic carboxylic acids is 1. The number of nitrogens with zero attached hydrogens (tertiary/aromatic N) is 2. The lowest BCUT2D eigenvalue weighted by atomic mass is 10.2. The van der Waals surface area contributed by atoms with Gasteiger partial charge in [0.1, 0.15) is 5.82 Å². The van der Waals surface area contributed by atoms with E-state index in [-0.39, 0.29) is 5.56 Å². The Hall–Kier alpha value is -1.58. The molecule has 0 bridgehead atoms. The zero-order chi connectivity index (χ0) is 11.7. The highest BCUT2D eigenvalue weighted by atomic mass is 16.4. The van der Waals surface area contributed by atoms with Crippen molar-refractivity contribution in [3.63, 3.8) is 0 Å². The van der Waals surface area contributed by atoms with Crippen molar-refractivity contribution in [2.45, 2.75) is 32.7 Å². The minimum atomic E-state index is -0.911. The second-order valence-electron chi connectivity index (χ2n) is 4.29. The zero-order valence-corrected chi connectivity index (χ0v) is 9.60. The Labute approximate surface area is 94.9 Å². The number of pyridine rings is 1. The minimum Gasteiger partial charge on any atom is -0.478 e. The van der Waals surface area contributed by atoms with Crippen LogP contribution in [0.3, 0.4) is 0 Å². The van der Waals surface area contributed by atoms with Gasteiger partial charge in [-0.05, 0) is 38.8 Å². The standard InChI is InChI=1S/C12H16N2O2/c1-8-4-3-7-14(8)11-6-5-10(12(15)16)9(2)13-11/h5-6,8H,3-4,7H2,1-2H3,(H,15,16). The number of anilines is 1. The van der Waals surface area contributed by atoms with Gasteiger partial charge < -0.3 is 10.0 Å². The molecule has 4 nitrogen and oxygen atoms in total. The molecule has 0 radical (unpaired) electrons. The third-order valence-corrected chi connectivity index (χ3v) is 3.15. The molecule has 0 aromatic carbocycles. The smallest absolute Gasteiger partial charge is 0.337 e. The molecular formula is C12H16N2O2. The summed E-state index contributed by atoms with van der Waals surface area (Å²) in [6.07, 6.45) is 2.37. The number of aryl methyl sites for hydroxylation is 1. The predicted molar refractivity (Wildman–Crippen MR) is 62.0 cm³/mol. The van der Waals surface area contributed by atoms with Crippen molar-refractivity contribution in [3.05, 3.63) is 23.4 Å². The molecule has 1 aliphatic heterocycles. The zero-order valence-electron chi connectivity index (χ0n) is 9.60. The molecule has 2 heterocycles. The maximum atomic E-state index is 10.9. The minimum absolute atomic E-state index is 0.288. The number of carboxylic acids is 1. The maximum Gasteiger partial charge on any atom is 0.337 e. The summed E-state index contributed by atoms with van der Waals surface area (Å²) < 4.78 is 0. The molecule has 4 heteroatoms. The average molecular weight is 220 g/mol. The summed E-state index contributed by atoms with van der Waals surface area (Å²) in [5, 5.41) is 8.92. The Morgan fingerprint density at radius 1 is 1.56 bits per heavy atom. The van der Waals surface area contributed by atoms with E-state index in [9.17, 15) is 4.79 Å². The number of hydrogen-bond donors (Lipinski definition) is 1. The van der Waals surface area contributed by atoms with Gasteiger partial charge in [0, 0.05) is 12.6 Å². The van der Waals surface area contributed by atoms with Crippen molar-refractivity contribution in [1.82, 2.24) is 4.98 Å². The number of rotatable bonds is 2. The fourth-order valence-corrected chi connectivity index (χ4v) is 2.21. The summed E-state index contributed by atoms with van der Waals surface area (Å²) in [6, 6.07) is 3.95. The van der Waals surface area contributed by atoms with Crippen LogP contribution in [-0.2, 0) is 0 Å². The lowest BCUT2D eigenvalue weighted by Gasteiger charge is -2.23. The van der Waals surface area contributed by atoms with Gasteiger partial charge in [-0.15, -0.1) is 0 Å². The van der Waals surface area contributed by atoms with Gasteiger partial charge in [-0.3, -0.25) is 0 Å². The van der Waals surface area contributed by atoms with Gasteiger partial charge in [-0.2, -0.15) is 0 Å². The summed E-state index contributed by atoms with van der Waals surface area (Å²) >= 11 is 0. The predicted octanol–water partition coefficient (Wildman–Crippen LogP) is 2.08. The molecule has 1 fully saturated rings. The van der Waals surface area contributed by atoms with Crippen molar-refractivity contribution < 1.29 is 9.90 Å². The van der Waals surface area contributed by atoms with E-state index in [4.69, 9.17) is 5.11 Å². The molecule has 0 spiro atoms. The molecule has 1 unspecified atom stereocenters. The summed E-state index contributed by atoms with van der Waals surface area (Å²) in [5.41, 5.74) is 0.875. The van der Waals surface area contributed by atoms with Gasteiger partial charge >= 0.3 is 5.97 Å². The number of aromatic nitrogens is 1. The Kier molecular flexibility index (Phi) is 2.81. The van der Waals surface area contributed by atoms with E-state index in [0.29, 0.717) is 11.7 Å². The summed E-state index contributed by atoms with van der Waals surface area (Å²) in [4.78, 5) is 17.5. The first kappa shape index (κ1) is 10.9. The highest BCUT2D eigenvalue weighted by Gasteiger charge is 2.22. The van der Waals surface area contributed by atoms with Crippen LogP contribution in [0.25, 0.3) is 0 Å². The molecule has 0 amide bonds. The summed E-state index contributed by atoms with van der Waals surface area (Å²) in [6.45, 7) is 4.93.